The minimum atomic E-state index is -1.09. The van der Waals surface area contributed by atoms with E-state index in [2.05, 4.69) is 10.4 Å². The predicted molar refractivity (Wildman–Crippen MR) is 99.1 cm³/mol. The minimum absolute atomic E-state index is 0.0428. The molecule has 3 N–H and O–H groups in total. The van der Waals surface area contributed by atoms with Gasteiger partial charge >= 0.3 is 5.97 Å². The second-order valence-electron chi connectivity index (χ2n) is 5.78. The summed E-state index contributed by atoms with van der Waals surface area (Å²) in [7, 11) is 0. The Labute approximate surface area is 159 Å². The van der Waals surface area contributed by atoms with E-state index in [4.69, 9.17) is 16.7 Å². The van der Waals surface area contributed by atoms with E-state index in [9.17, 15) is 14.7 Å². The van der Waals surface area contributed by atoms with Gasteiger partial charge in [0.05, 0.1) is 18.2 Å². The van der Waals surface area contributed by atoms with Crippen molar-refractivity contribution in [2.24, 2.45) is 0 Å². The Balaban J connectivity index is 1.86. The third-order valence-electron chi connectivity index (χ3n) is 3.89. The van der Waals surface area contributed by atoms with Crippen molar-refractivity contribution in [2.75, 3.05) is 0 Å². The van der Waals surface area contributed by atoms with Gasteiger partial charge in [-0.2, -0.15) is 5.10 Å². The fourth-order valence-electron chi connectivity index (χ4n) is 2.64. The maximum Gasteiger partial charge on any atom is 0.305 e. The second kappa shape index (κ2) is 7.92. The summed E-state index contributed by atoms with van der Waals surface area (Å²) in [5.41, 5.74) is 1.03. The maximum absolute atomic E-state index is 12.6. The zero-order valence-electron chi connectivity index (χ0n) is 14.0. The molecule has 27 heavy (non-hydrogen) atoms. The third-order valence-corrected chi connectivity index (χ3v) is 4.23. The Morgan fingerprint density at radius 2 is 1.78 bits per heavy atom. The average molecular weight is 386 g/mol. The van der Waals surface area contributed by atoms with E-state index in [-0.39, 0.29) is 18.0 Å². The van der Waals surface area contributed by atoms with Gasteiger partial charge in [-0.15, -0.1) is 0 Å². The Bertz CT molecular complexity index is 972. The monoisotopic (exact) mass is 385 g/mol. The molecule has 3 rings (SSSR count). The van der Waals surface area contributed by atoms with Gasteiger partial charge in [0.15, 0.2) is 5.69 Å². The zero-order chi connectivity index (χ0) is 19.4. The van der Waals surface area contributed by atoms with Crippen LogP contribution in [0.1, 0.15) is 28.5 Å². The topological polar surface area (TPSA) is 104 Å². The van der Waals surface area contributed by atoms with E-state index in [1.807, 2.05) is 6.07 Å². The van der Waals surface area contributed by atoms with Crippen LogP contribution in [0.4, 0.5) is 0 Å². The molecule has 0 fully saturated rings. The summed E-state index contributed by atoms with van der Waals surface area (Å²) in [4.78, 5) is 23.8. The van der Waals surface area contributed by atoms with Crippen LogP contribution in [0.3, 0.4) is 0 Å². The molecule has 0 radical (unpaired) electrons. The summed E-state index contributed by atoms with van der Waals surface area (Å²) in [5.74, 6) is -1.91. The van der Waals surface area contributed by atoms with Crippen LogP contribution in [0.2, 0.25) is 5.02 Å². The number of nitrogens with one attached hydrogen (secondary N) is 1. The van der Waals surface area contributed by atoms with Crippen molar-refractivity contribution in [3.63, 3.8) is 0 Å². The maximum atomic E-state index is 12.6. The highest BCUT2D eigenvalue weighted by Crippen LogP contribution is 2.26. The molecule has 2 aromatic carbocycles. The third kappa shape index (κ3) is 4.27. The zero-order valence-corrected chi connectivity index (χ0v) is 14.8. The molecule has 0 bridgehead atoms. The Morgan fingerprint density at radius 1 is 1.11 bits per heavy atom. The molecule has 7 nitrogen and oxygen atoms in total. The van der Waals surface area contributed by atoms with Crippen molar-refractivity contribution < 1.29 is 19.8 Å². The molecule has 1 unspecified atom stereocenters. The van der Waals surface area contributed by atoms with Gasteiger partial charge in [-0.3, -0.25) is 9.59 Å². The molecule has 1 atom stereocenters. The van der Waals surface area contributed by atoms with Crippen LogP contribution < -0.4 is 5.32 Å². The van der Waals surface area contributed by atoms with E-state index < -0.39 is 17.9 Å². The standard InChI is InChI=1S/C19H16ClN3O4/c20-14-9-5-4-8-13(14)15(11-18(25)26)21-19(27)16-10-17(24)23(22-16)12-6-2-1-3-7-12/h1-10,15,24H,11H2,(H,21,27)(H,25,26). The van der Waals surface area contributed by atoms with E-state index >= 15 is 0 Å². The Morgan fingerprint density at radius 3 is 2.44 bits per heavy atom. The normalized spacial score (nSPS) is 11.7. The SMILES string of the molecule is O=C(O)CC(NC(=O)c1cc(O)n(-c2ccccc2)n1)c1ccccc1Cl. The fourth-order valence-corrected chi connectivity index (χ4v) is 2.91. The van der Waals surface area contributed by atoms with E-state index in [1.54, 1.807) is 48.5 Å². The molecular formula is C19H16ClN3O4. The molecule has 0 aliphatic rings. The number of hydrogen-bond donors (Lipinski definition) is 3. The van der Waals surface area contributed by atoms with Crippen LogP contribution in [-0.2, 0) is 4.79 Å². The predicted octanol–water partition coefficient (Wildman–Crippen LogP) is 3.18. The molecule has 8 heteroatoms. The number of amides is 1. The first-order valence-electron chi connectivity index (χ1n) is 8.07. The molecule has 0 aliphatic heterocycles. The van der Waals surface area contributed by atoms with Crippen molar-refractivity contribution in [1.29, 1.82) is 0 Å². The number of carboxylic acids is 1. The van der Waals surface area contributed by atoms with Crippen molar-refractivity contribution in [3.8, 4) is 11.6 Å². The van der Waals surface area contributed by atoms with Crippen LogP contribution in [0.15, 0.2) is 60.7 Å². The summed E-state index contributed by atoms with van der Waals surface area (Å²) in [6.45, 7) is 0. The van der Waals surface area contributed by atoms with E-state index in [1.165, 1.54) is 10.7 Å². The second-order valence-corrected chi connectivity index (χ2v) is 6.19. The minimum Gasteiger partial charge on any atom is -0.493 e. The lowest BCUT2D eigenvalue weighted by molar-refractivity contribution is -0.137. The number of halogens is 1. The van der Waals surface area contributed by atoms with Crippen LogP contribution >= 0.6 is 11.6 Å². The van der Waals surface area contributed by atoms with Crippen molar-refractivity contribution in [1.82, 2.24) is 15.1 Å². The number of carbonyl (C=O) groups excluding carboxylic acids is 1. The lowest BCUT2D eigenvalue weighted by Gasteiger charge is -2.18. The van der Waals surface area contributed by atoms with Crippen LogP contribution in [0.5, 0.6) is 5.88 Å². The van der Waals surface area contributed by atoms with Gasteiger partial charge in [-0.1, -0.05) is 48.0 Å². The van der Waals surface area contributed by atoms with Crippen molar-refractivity contribution >= 4 is 23.5 Å². The average Bonchev–Trinajstić information content (AvgIpc) is 3.04. The van der Waals surface area contributed by atoms with Gasteiger partial charge in [0.1, 0.15) is 0 Å². The van der Waals surface area contributed by atoms with Gasteiger partial charge in [0.2, 0.25) is 5.88 Å². The number of carboxylic acid groups (broad SMARTS) is 1. The van der Waals surface area contributed by atoms with Crippen molar-refractivity contribution in [2.45, 2.75) is 12.5 Å². The summed E-state index contributed by atoms with van der Waals surface area (Å²) in [6.07, 6.45) is -0.346. The first-order valence-corrected chi connectivity index (χ1v) is 8.45. The lowest BCUT2D eigenvalue weighted by Crippen LogP contribution is -2.30. The molecule has 1 amide bonds. The number of para-hydroxylation sites is 1. The highest BCUT2D eigenvalue weighted by atomic mass is 35.5. The fraction of sp³-hybridized carbons (Fsp3) is 0.105. The summed E-state index contributed by atoms with van der Waals surface area (Å²) < 4.78 is 1.22. The van der Waals surface area contributed by atoms with Gasteiger partial charge in [-0.25, -0.2) is 4.68 Å². The number of aromatic hydroxyl groups is 1. The largest absolute Gasteiger partial charge is 0.493 e. The molecule has 1 heterocycles. The number of rotatable bonds is 6. The smallest absolute Gasteiger partial charge is 0.305 e. The number of carbonyl (C=O) groups is 2. The molecule has 0 saturated carbocycles. The molecule has 3 aromatic rings. The van der Waals surface area contributed by atoms with Gasteiger partial charge in [0.25, 0.3) is 5.91 Å². The molecule has 1 aromatic heterocycles. The Kier molecular flexibility index (Phi) is 5.42. The number of nitrogens with zero attached hydrogens (tertiary/aromatic N) is 2. The highest BCUT2D eigenvalue weighted by Gasteiger charge is 2.23. The van der Waals surface area contributed by atoms with Crippen LogP contribution in [0, 0.1) is 0 Å². The summed E-state index contributed by atoms with van der Waals surface area (Å²) in [6, 6.07) is 15.9. The van der Waals surface area contributed by atoms with Gasteiger partial charge in [0, 0.05) is 11.1 Å². The number of aromatic nitrogens is 2. The molecule has 0 saturated heterocycles. The number of hydrogen-bond acceptors (Lipinski definition) is 4. The van der Waals surface area contributed by atoms with Crippen LogP contribution in [0.25, 0.3) is 5.69 Å². The molecule has 0 spiro atoms. The molecule has 0 aliphatic carbocycles. The van der Waals surface area contributed by atoms with Gasteiger partial charge in [-0.05, 0) is 23.8 Å². The summed E-state index contributed by atoms with van der Waals surface area (Å²) >= 11 is 6.14. The first kappa shape index (κ1) is 18.5. The number of aliphatic carboxylic acids is 1. The summed E-state index contributed by atoms with van der Waals surface area (Å²) in [5, 5.41) is 26.3. The van der Waals surface area contributed by atoms with Crippen LogP contribution in [-0.4, -0.2) is 31.9 Å². The molecule has 138 valence electrons. The van der Waals surface area contributed by atoms with Gasteiger partial charge < -0.3 is 15.5 Å². The quantitative estimate of drug-likeness (QED) is 0.604. The number of benzene rings is 2. The van der Waals surface area contributed by atoms with E-state index in [0.717, 1.165) is 0 Å². The first-order chi connectivity index (χ1) is 13.0. The highest BCUT2D eigenvalue weighted by molar-refractivity contribution is 6.31. The van der Waals surface area contributed by atoms with Crippen molar-refractivity contribution in [3.05, 3.63) is 76.9 Å². The van der Waals surface area contributed by atoms with E-state index in [0.29, 0.717) is 16.3 Å². The lowest BCUT2D eigenvalue weighted by atomic mass is 10.0. The molecular weight excluding hydrogens is 370 g/mol. The Hall–Kier alpha value is -3.32.